The van der Waals surface area contributed by atoms with Gasteiger partial charge in [-0.25, -0.2) is 14.4 Å². The van der Waals surface area contributed by atoms with E-state index in [1.54, 1.807) is 6.92 Å². The van der Waals surface area contributed by atoms with Crippen molar-refractivity contribution in [1.82, 2.24) is 10.6 Å². The molecule has 0 saturated heterocycles. The lowest BCUT2D eigenvalue weighted by Crippen LogP contribution is -2.60. The molecule has 0 aromatic carbocycles. The predicted molar refractivity (Wildman–Crippen MR) is 75.8 cm³/mol. The molecule has 3 N–H and O–H groups in total. The van der Waals surface area contributed by atoms with Gasteiger partial charge in [0.1, 0.15) is 11.6 Å². The van der Waals surface area contributed by atoms with Crippen molar-refractivity contribution < 1.29 is 24.2 Å². The minimum Gasteiger partial charge on any atom is -0.480 e. The minimum absolute atomic E-state index is 0.225. The number of esters is 1. The molecule has 1 fully saturated rings. The van der Waals surface area contributed by atoms with Gasteiger partial charge in [0.25, 0.3) is 0 Å². The van der Waals surface area contributed by atoms with E-state index in [-0.39, 0.29) is 12.5 Å². The number of ether oxygens (including phenoxy) is 1. The lowest BCUT2D eigenvalue weighted by molar-refractivity contribution is -0.146. The smallest absolute Gasteiger partial charge is 0.329 e. The Hall–Kier alpha value is -1.79. The second-order valence-corrected chi connectivity index (χ2v) is 5.66. The summed E-state index contributed by atoms with van der Waals surface area (Å²) in [6.07, 6.45) is 2.50. The Morgan fingerprint density at radius 2 is 2.10 bits per heavy atom. The van der Waals surface area contributed by atoms with Crippen LogP contribution in [0.1, 0.15) is 46.5 Å². The summed E-state index contributed by atoms with van der Waals surface area (Å²) in [6, 6.07) is -1.48. The number of rotatable bonds is 5. The van der Waals surface area contributed by atoms with E-state index >= 15 is 0 Å². The van der Waals surface area contributed by atoms with E-state index in [0.29, 0.717) is 12.8 Å². The average molecular weight is 300 g/mol. The van der Waals surface area contributed by atoms with E-state index < -0.39 is 29.6 Å². The molecule has 7 nitrogen and oxygen atoms in total. The quantitative estimate of drug-likeness (QED) is 0.663. The Morgan fingerprint density at radius 3 is 2.62 bits per heavy atom. The Bertz CT molecular complexity index is 412. The monoisotopic (exact) mass is 300 g/mol. The number of carboxylic acid groups (broad SMARTS) is 1. The number of carbonyl (C=O) groups is 3. The predicted octanol–water partition coefficient (Wildman–Crippen LogP) is 1.27. The molecule has 7 heteroatoms. The lowest BCUT2D eigenvalue weighted by atomic mass is 9.76. The molecule has 3 atom stereocenters. The van der Waals surface area contributed by atoms with Crippen molar-refractivity contribution in [3.8, 4) is 0 Å². The van der Waals surface area contributed by atoms with Crippen molar-refractivity contribution in [3.05, 3.63) is 0 Å². The molecule has 0 heterocycles. The molecule has 120 valence electrons. The van der Waals surface area contributed by atoms with Crippen LogP contribution in [-0.2, 0) is 14.3 Å². The molecule has 1 rings (SSSR count). The van der Waals surface area contributed by atoms with Gasteiger partial charge in [-0.3, -0.25) is 0 Å². The summed E-state index contributed by atoms with van der Waals surface area (Å²) in [6.45, 7) is 5.36. The Labute approximate surface area is 124 Å². The number of hydrogen-bond acceptors (Lipinski definition) is 4. The Kier molecular flexibility index (Phi) is 5.99. The summed E-state index contributed by atoms with van der Waals surface area (Å²) >= 11 is 0. The van der Waals surface area contributed by atoms with Gasteiger partial charge in [-0.05, 0) is 32.6 Å². The standard InChI is InChI=1S/C14H24N2O5/c1-4-21-11(17)10(3)15-13(20)16-14(12(18)19)7-5-6-9(2)8-14/h9-10H,4-8H2,1-3H3,(H,18,19)(H2,15,16,20). The van der Waals surface area contributed by atoms with E-state index in [0.717, 1.165) is 12.8 Å². The number of hydrogen-bond donors (Lipinski definition) is 3. The average Bonchev–Trinajstić information content (AvgIpc) is 2.38. The highest BCUT2D eigenvalue weighted by Gasteiger charge is 2.43. The van der Waals surface area contributed by atoms with Gasteiger partial charge in [-0.15, -0.1) is 0 Å². The summed E-state index contributed by atoms with van der Waals surface area (Å²) in [5.41, 5.74) is -1.25. The van der Waals surface area contributed by atoms with Crippen molar-refractivity contribution in [2.75, 3.05) is 6.61 Å². The van der Waals surface area contributed by atoms with Crippen molar-refractivity contribution in [2.24, 2.45) is 5.92 Å². The van der Waals surface area contributed by atoms with E-state index in [1.165, 1.54) is 6.92 Å². The molecule has 1 aliphatic rings. The summed E-state index contributed by atoms with van der Waals surface area (Å²) in [7, 11) is 0. The third-order valence-electron chi connectivity index (χ3n) is 3.75. The normalized spacial score (nSPS) is 26.5. The third-order valence-corrected chi connectivity index (χ3v) is 3.75. The van der Waals surface area contributed by atoms with Crippen LogP contribution in [0.5, 0.6) is 0 Å². The van der Waals surface area contributed by atoms with Crippen molar-refractivity contribution >= 4 is 18.0 Å². The first-order valence-electron chi connectivity index (χ1n) is 7.29. The summed E-state index contributed by atoms with van der Waals surface area (Å²) in [5.74, 6) is -1.35. The third kappa shape index (κ3) is 4.61. The van der Waals surface area contributed by atoms with Gasteiger partial charge < -0.3 is 20.5 Å². The molecule has 0 bridgehead atoms. The van der Waals surface area contributed by atoms with Gasteiger partial charge in [-0.1, -0.05) is 19.8 Å². The van der Waals surface area contributed by atoms with Gasteiger partial charge in [-0.2, -0.15) is 0 Å². The van der Waals surface area contributed by atoms with E-state index in [2.05, 4.69) is 10.6 Å². The summed E-state index contributed by atoms with van der Waals surface area (Å²) < 4.78 is 4.79. The zero-order valence-corrected chi connectivity index (χ0v) is 12.8. The number of carbonyl (C=O) groups excluding carboxylic acids is 2. The van der Waals surface area contributed by atoms with Crippen LogP contribution in [-0.4, -0.2) is 41.3 Å². The zero-order valence-electron chi connectivity index (χ0n) is 12.8. The van der Waals surface area contributed by atoms with Crippen LogP contribution in [0.4, 0.5) is 4.79 Å². The van der Waals surface area contributed by atoms with Crippen molar-refractivity contribution in [2.45, 2.75) is 58.0 Å². The second kappa shape index (κ2) is 7.28. The highest BCUT2D eigenvalue weighted by atomic mass is 16.5. The fraction of sp³-hybridized carbons (Fsp3) is 0.786. The van der Waals surface area contributed by atoms with Crippen LogP contribution in [0.2, 0.25) is 0 Å². The maximum atomic E-state index is 12.0. The molecule has 1 saturated carbocycles. The minimum atomic E-state index is -1.25. The molecule has 0 aliphatic heterocycles. The fourth-order valence-corrected chi connectivity index (χ4v) is 2.69. The highest BCUT2D eigenvalue weighted by Crippen LogP contribution is 2.32. The Balaban J connectivity index is 2.65. The molecule has 0 spiro atoms. The van der Waals surface area contributed by atoms with Crippen LogP contribution in [0.3, 0.4) is 0 Å². The second-order valence-electron chi connectivity index (χ2n) is 5.66. The molecule has 0 radical (unpaired) electrons. The van der Waals surface area contributed by atoms with Gasteiger partial charge >= 0.3 is 18.0 Å². The van der Waals surface area contributed by atoms with Crippen LogP contribution >= 0.6 is 0 Å². The molecular weight excluding hydrogens is 276 g/mol. The van der Waals surface area contributed by atoms with Gasteiger partial charge in [0.2, 0.25) is 0 Å². The molecule has 1 aliphatic carbocycles. The van der Waals surface area contributed by atoms with Crippen LogP contribution in [0, 0.1) is 5.92 Å². The topological polar surface area (TPSA) is 105 Å². The Morgan fingerprint density at radius 1 is 1.43 bits per heavy atom. The van der Waals surface area contributed by atoms with Crippen LogP contribution < -0.4 is 10.6 Å². The first-order chi connectivity index (χ1) is 9.80. The van der Waals surface area contributed by atoms with Gasteiger partial charge in [0, 0.05) is 0 Å². The van der Waals surface area contributed by atoms with E-state index in [4.69, 9.17) is 4.74 Å². The fourth-order valence-electron chi connectivity index (χ4n) is 2.69. The molecule has 0 aromatic rings. The van der Waals surface area contributed by atoms with Crippen molar-refractivity contribution in [1.29, 1.82) is 0 Å². The molecule has 2 amide bonds. The largest absolute Gasteiger partial charge is 0.480 e. The van der Waals surface area contributed by atoms with Gasteiger partial charge in [0.05, 0.1) is 6.61 Å². The SMILES string of the molecule is CCOC(=O)C(C)NC(=O)NC1(C(=O)O)CCCC(C)C1. The van der Waals surface area contributed by atoms with Crippen molar-refractivity contribution in [3.63, 3.8) is 0 Å². The zero-order chi connectivity index (χ0) is 16.0. The maximum absolute atomic E-state index is 12.0. The van der Waals surface area contributed by atoms with E-state index in [1.807, 2.05) is 6.92 Å². The number of urea groups is 1. The first-order valence-corrected chi connectivity index (χ1v) is 7.29. The summed E-state index contributed by atoms with van der Waals surface area (Å²) in [5, 5.41) is 14.4. The number of aliphatic carboxylic acids is 1. The highest BCUT2D eigenvalue weighted by molar-refractivity contribution is 5.88. The molecule has 21 heavy (non-hydrogen) atoms. The lowest BCUT2D eigenvalue weighted by Gasteiger charge is -2.37. The van der Waals surface area contributed by atoms with Crippen LogP contribution in [0.15, 0.2) is 0 Å². The number of carboxylic acids is 1. The number of nitrogens with one attached hydrogen (secondary N) is 2. The number of amides is 2. The molecule has 0 aromatic heterocycles. The van der Waals surface area contributed by atoms with Crippen LogP contribution in [0.25, 0.3) is 0 Å². The first kappa shape index (κ1) is 17.3. The van der Waals surface area contributed by atoms with E-state index in [9.17, 15) is 19.5 Å². The molecular formula is C14H24N2O5. The molecule has 3 unspecified atom stereocenters. The maximum Gasteiger partial charge on any atom is 0.329 e. The summed E-state index contributed by atoms with van der Waals surface area (Å²) in [4.78, 5) is 35.0. The van der Waals surface area contributed by atoms with Gasteiger partial charge in [0.15, 0.2) is 0 Å².